The summed E-state index contributed by atoms with van der Waals surface area (Å²) in [6, 6.07) is 0. The minimum Gasteiger partial charge on any atom is -0.508 e. The molecule has 2 atom stereocenters. The number of halogens is 2. The quantitative estimate of drug-likeness (QED) is 0.587. The lowest BCUT2D eigenvalue weighted by Gasteiger charge is -2.15. The molecule has 1 aliphatic rings. The van der Waals surface area contributed by atoms with Crippen LogP contribution in [0.2, 0.25) is 0 Å². The fourth-order valence-electron chi connectivity index (χ4n) is 1.61. The topological polar surface area (TPSA) is 20.2 Å². The van der Waals surface area contributed by atoms with Crippen molar-refractivity contribution in [3.8, 4) is 0 Å². The van der Waals surface area contributed by atoms with E-state index in [0.29, 0.717) is 6.42 Å². The Hall–Kier alpha value is -1.21. The van der Waals surface area contributed by atoms with Gasteiger partial charge in [0.2, 0.25) is 0 Å². The molecule has 1 N–H and O–H groups in total. The largest absolute Gasteiger partial charge is 0.508 e. The van der Waals surface area contributed by atoms with Crippen LogP contribution in [0.15, 0.2) is 59.9 Å². The maximum absolute atomic E-state index is 13.1. The first-order chi connectivity index (χ1) is 8.34. The average Bonchev–Trinajstić information content (AvgIpc) is 2.28. The fraction of sp³-hybridized carbons (Fsp3) is 0.286. The van der Waals surface area contributed by atoms with Crippen molar-refractivity contribution < 1.29 is 13.9 Å². The van der Waals surface area contributed by atoms with Crippen molar-refractivity contribution >= 4 is 9.24 Å². The normalized spacial score (nSPS) is 21.8. The molecule has 0 radical (unpaired) electrons. The van der Waals surface area contributed by atoms with Gasteiger partial charge in [-0.3, -0.25) is 0 Å². The molecule has 0 bridgehead atoms. The second-order valence-corrected chi connectivity index (χ2v) is 4.92. The molecule has 0 heterocycles. The van der Waals surface area contributed by atoms with Gasteiger partial charge in [0.1, 0.15) is 5.76 Å². The van der Waals surface area contributed by atoms with E-state index in [1.54, 1.807) is 18.2 Å². The van der Waals surface area contributed by atoms with Crippen molar-refractivity contribution in [3.05, 3.63) is 59.9 Å². The molecule has 1 aliphatic carbocycles. The number of rotatable bonds is 4. The molecule has 0 saturated heterocycles. The lowest BCUT2D eigenvalue weighted by atomic mass is 9.92. The molecule has 0 saturated carbocycles. The van der Waals surface area contributed by atoms with Crippen molar-refractivity contribution in [1.29, 1.82) is 0 Å². The molecule has 98 valence electrons. The number of aliphatic hydroxyl groups excluding tert-OH is 1. The Morgan fingerprint density at radius 2 is 2.22 bits per heavy atom. The Bertz CT molecular complexity index is 439. The van der Waals surface area contributed by atoms with Crippen molar-refractivity contribution in [1.82, 2.24) is 0 Å². The monoisotopic (exact) mass is 270 g/mol. The Balaban J connectivity index is 2.82. The van der Waals surface area contributed by atoms with Crippen LogP contribution >= 0.6 is 9.24 Å². The van der Waals surface area contributed by atoms with E-state index < -0.39 is 5.66 Å². The van der Waals surface area contributed by atoms with Gasteiger partial charge < -0.3 is 5.11 Å². The molecule has 4 heteroatoms. The lowest BCUT2D eigenvalue weighted by molar-refractivity contribution is 0.151. The zero-order valence-corrected chi connectivity index (χ0v) is 11.4. The molecule has 2 unspecified atom stereocenters. The number of allylic oxidation sites excluding steroid dienone is 8. The number of alkyl halides is 2. The molecule has 0 aliphatic heterocycles. The second kappa shape index (κ2) is 6.10. The average molecular weight is 270 g/mol. The first kappa shape index (κ1) is 14.8. The van der Waals surface area contributed by atoms with Gasteiger partial charge in [-0.15, -0.1) is 0 Å². The Labute approximate surface area is 108 Å². The zero-order chi connectivity index (χ0) is 13.8. The van der Waals surface area contributed by atoms with E-state index in [1.165, 1.54) is 15.3 Å². The molecular formula is C14H17F2OP. The van der Waals surface area contributed by atoms with Gasteiger partial charge in [0.05, 0.1) is 0 Å². The highest BCUT2D eigenvalue weighted by molar-refractivity contribution is 7.18. The van der Waals surface area contributed by atoms with E-state index in [4.69, 9.17) is 0 Å². The van der Waals surface area contributed by atoms with Gasteiger partial charge in [0.15, 0.2) is 0 Å². The third-order valence-corrected chi connectivity index (χ3v) is 3.13. The molecule has 1 nitrogen and oxygen atoms in total. The summed E-state index contributed by atoms with van der Waals surface area (Å²) in [4.78, 5) is 0. The number of hydrogen-bond acceptors (Lipinski definition) is 1. The lowest BCUT2D eigenvalue weighted by Crippen LogP contribution is -2.07. The van der Waals surface area contributed by atoms with Gasteiger partial charge in [-0.2, -0.15) is 8.78 Å². The van der Waals surface area contributed by atoms with Crippen LogP contribution in [0.1, 0.15) is 13.3 Å². The van der Waals surface area contributed by atoms with E-state index in [1.807, 2.05) is 13.0 Å². The van der Waals surface area contributed by atoms with E-state index in [9.17, 15) is 13.9 Å². The van der Waals surface area contributed by atoms with Crippen LogP contribution in [0.4, 0.5) is 8.78 Å². The molecule has 0 spiro atoms. The van der Waals surface area contributed by atoms with E-state index in [2.05, 4.69) is 6.58 Å². The van der Waals surface area contributed by atoms with Crippen LogP contribution in [0.5, 0.6) is 0 Å². The second-order valence-electron chi connectivity index (χ2n) is 4.19. The van der Waals surface area contributed by atoms with Gasteiger partial charge in [-0.05, 0) is 25.5 Å². The molecule has 0 aromatic rings. The summed E-state index contributed by atoms with van der Waals surface area (Å²) in [6.07, 6.45) is 10.1. The molecule has 0 aromatic heterocycles. The highest BCUT2D eigenvalue weighted by Crippen LogP contribution is 2.32. The fourth-order valence-corrected chi connectivity index (χ4v) is 1.82. The molecule has 1 rings (SSSR count). The predicted octanol–water partition coefficient (Wildman–Crippen LogP) is 4.53. The summed E-state index contributed by atoms with van der Waals surface area (Å²) in [5.41, 5.74) is -2.13. The maximum Gasteiger partial charge on any atom is 0.283 e. The first-order valence-corrected chi connectivity index (χ1v) is 6.17. The van der Waals surface area contributed by atoms with Crippen molar-refractivity contribution in [2.24, 2.45) is 5.92 Å². The number of hydrogen-bond donors (Lipinski definition) is 1. The molecular weight excluding hydrogens is 253 g/mol. The SMILES string of the molecule is C=C/C(=C\C=C(/C)C1C=CC(O)=CC1)C(F)(F)P. The standard InChI is InChI=1S/C14H17F2OP/c1-3-12(14(15,16)18)7-4-10(2)11-5-8-13(17)9-6-11/h3-5,7-9,11,17H,1,6,18H2,2H3/b10-4+,12-7+. The van der Waals surface area contributed by atoms with Crippen LogP contribution in [-0.2, 0) is 0 Å². The van der Waals surface area contributed by atoms with Gasteiger partial charge in [-0.25, -0.2) is 0 Å². The molecule has 0 aromatic carbocycles. The third kappa shape index (κ3) is 4.23. The Morgan fingerprint density at radius 1 is 1.56 bits per heavy atom. The smallest absolute Gasteiger partial charge is 0.283 e. The first-order valence-electron chi connectivity index (χ1n) is 5.60. The highest BCUT2D eigenvalue weighted by Gasteiger charge is 2.24. The van der Waals surface area contributed by atoms with Crippen molar-refractivity contribution in [3.63, 3.8) is 0 Å². The van der Waals surface area contributed by atoms with Crippen LogP contribution in [0.25, 0.3) is 0 Å². The van der Waals surface area contributed by atoms with Crippen molar-refractivity contribution in [2.75, 3.05) is 0 Å². The zero-order valence-electron chi connectivity index (χ0n) is 10.2. The molecule has 18 heavy (non-hydrogen) atoms. The minimum atomic E-state index is -2.96. The van der Waals surface area contributed by atoms with E-state index in [0.717, 1.165) is 11.6 Å². The molecule has 0 fully saturated rings. The summed E-state index contributed by atoms with van der Waals surface area (Å²) in [6.45, 7) is 5.26. The van der Waals surface area contributed by atoms with Crippen molar-refractivity contribution in [2.45, 2.75) is 19.0 Å². The van der Waals surface area contributed by atoms with Crippen LogP contribution in [0.3, 0.4) is 0 Å². The molecule has 0 amide bonds. The highest BCUT2D eigenvalue weighted by atomic mass is 31.0. The summed E-state index contributed by atoms with van der Waals surface area (Å²) in [5, 5.41) is 9.20. The number of aliphatic hydroxyl groups is 1. The van der Waals surface area contributed by atoms with Crippen LogP contribution < -0.4 is 0 Å². The predicted molar refractivity (Wildman–Crippen MR) is 74.7 cm³/mol. The summed E-state index contributed by atoms with van der Waals surface area (Å²) < 4.78 is 26.1. The van der Waals surface area contributed by atoms with Crippen LogP contribution in [-0.4, -0.2) is 10.8 Å². The Morgan fingerprint density at radius 3 is 2.67 bits per heavy atom. The maximum atomic E-state index is 13.1. The van der Waals surface area contributed by atoms with Crippen LogP contribution in [0, 0.1) is 5.92 Å². The summed E-state index contributed by atoms with van der Waals surface area (Å²) >= 11 is 0. The van der Waals surface area contributed by atoms with E-state index in [-0.39, 0.29) is 17.3 Å². The minimum absolute atomic E-state index is 0.134. The van der Waals surface area contributed by atoms with E-state index >= 15 is 0 Å². The Kier molecular flexibility index (Phi) is 5.03. The summed E-state index contributed by atoms with van der Waals surface area (Å²) in [5.74, 6) is 0.388. The van der Waals surface area contributed by atoms with Gasteiger partial charge in [-0.1, -0.05) is 45.7 Å². The summed E-state index contributed by atoms with van der Waals surface area (Å²) in [7, 11) is 1.50. The van der Waals surface area contributed by atoms with Gasteiger partial charge >= 0.3 is 0 Å². The van der Waals surface area contributed by atoms with Gasteiger partial charge in [0, 0.05) is 11.5 Å². The van der Waals surface area contributed by atoms with Gasteiger partial charge in [0.25, 0.3) is 5.66 Å². The third-order valence-electron chi connectivity index (χ3n) is 2.80.